The highest BCUT2D eigenvalue weighted by Crippen LogP contribution is 2.31. The summed E-state index contributed by atoms with van der Waals surface area (Å²) in [6, 6.07) is 14.5. The van der Waals surface area contributed by atoms with Gasteiger partial charge in [0.25, 0.3) is 0 Å². The molecule has 0 aliphatic heterocycles. The molecule has 0 amide bonds. The van der Waals surface area contributed by atoms with Crippen LogP contribution in [0.4, 0.5) is 0 Å². The number of aliphatic hydroxyl groups excluding tert-OH is 1. The second-order valence-corrected chi connectivity index (χ2v) is 7.62. The lowest BCUT2D eigenvalue weighted by Crippen LogP contribution is -2.30. The Kier molecular flexibility index (Phi) is 7.99. The summed E-state index contributed by atoms with van der Waals surface area (Å²) < 4.78 is 16.2. The van der Waals surface area contributed by atoms with Gasteiger partial charge in [-0.05, 0) is 62.4 Å². The van der Waals surface area contributed by atoms with Gasteiger partial charge in [-0.25, -0.2) is 0 Å². The highest BCUT2D eigenvalue weighted by Gasteiger charge is 2.32. The van der Waals surface area contributed by atoms with Crippen molar-refractivity contribution in [1.82, 2.24) is 0 Å². The first kappa shape index (κ1) is 22.0. The third-order valence-corrected chi connectivity index (χ3v) is 5.28. The van der Waals surface area contributed by atoms with Crippen LogP contribution in [0.3, 0.4) is 0 Å². The van der Waals surface area contributed by atoms with E-state index in [0.29, 0.717) is 43.8 Å². The molecule has 6 nitrogen and oxygen atoms in total. The van der Waals surface area contributed by atoms with Gasteiger partial charge in [-0.3, -0.25) is 9.59 Å². The van der Waals surface area contributed by atoms with E-state index in [2.05, 4.69) is 0 Å². The molecule has 0 spiro atoms. The van der Waals surface area contributed by atoms with Crippen molar-refractivity contribution in [3.8, 4) is 11.5 Å². The average molecular weight is 412 g/mol. The van der Waals surface area contributed by atoms with Gasteiger partial charge in [0.15, 0.2) is 0 Å². The van der Waals surface area contributed by atoms with Crippen LogP contribution in [0.25, 0.3) is 0 Å². The fourth-order valence-corrected chi connectivity index (χ4v) is 3.48. The molecule has 0 aromatic heterocycles. The lowest BCUT2D eigenvalue weighted by atomic mass is 9.82. The molecule has 0 unspecified atom stereocenters. The van der Waals surface area contributed by atoms with E-state index in [1.807, 2.05) is 31.2 Å². The predicted molar refractivity (Wildman–Crippen MR) is 111 cm³/mol. The molecule has 0 heterocycles. The van der Waals surface area contributed by atoms with Gasteiger partial charge in [0.05, 0.1) is 31.7 Å². The number of aliphatic hydroxyl groups is 1. The number of ether oxygens (including phenoxy) is 3. The molecular weight excluding hydrogens is 384 g/mol. The minimum atomic E-state index is -0.260. The first-order valence-electron chi connectivity index (χ1n) is 10.3. The maximum Gasteiger partial charge on any atom is 0.314 e. The van der Waals surface area contributed by atoms with Crippen LogP contribution in [-0.4, -0.2) is 30.3 Å². The number of esters is 2. The molecule has 1 saturated carbocycles. The molecule has 2 aromatic rings. The Labute approximate surface area is 176 Å². The van der Waals surface area contributed by atoms with Crippen LogP contribution in [0.1, 0.15) is 36.8 Å². The van der Waals surface area contributed by atoms with Crippen molar-refractivity contribution in [3.05, 3.63) is 59.7 Å². The van der Waals surface area contributed by atoms with E-state index in [1.54, 1.807) is 24.3 Å². The van der Waals surface area contributed by atoms with E-state index < -0.39 is 0 Å². The summed E-state index contributed by atoms with van der Waals surface area (Å²) in [6.07, 6.45) is 2.45. The van der Waals surface area contributed by atoms with Crippen LogP contribution in [-0.2, 0) is 20.9 Å². The summed E-state index contributed by atoms with van der Waals surface area (Å²) in [5.41, 5.74) is 2.05. The van der Waals surface area contributed by atoms with E-state index >= 15 is 0 Å². The van der Waals surface area contributed by atoms with E-state index in [4.69, 9.17) is 19.3 Å². The van der Waals surface area contributed by atoms with Crippen molar-refractivity contribution in [2.24, 2.45) is 11.8 Å². The van der Waals surface area contributed by atoms with E-state index in [0.717, 1.165) is 11.1 Å². The number of carbonyl (C=O) groups excluding carboxylic acids is 2. The van der Waals surface area contributed by atoms with Crippen LogP contribution in [0.5, 0.6) is 11.5 Å². The second-order valence-electron chi connectivity index (χ2n) is 7.62. The maximum atomic E-state index is 12.5. The zero-order valence-corrected chi connectivity index (χ0v) is 17.2. The Balaban J connectivity index is 1.43. The van der Waals surface area contributed by atoms with Gasteiger partial charge >= 0.3 is 11.9 Å². The Morgan fingerprint density at radius 3 is 1.77 bits per heavy atom. The molecule has 1 N–H and O–H groups in total. The molecule has 0 radical (unpaired) electrons. The largest absolute Gasteiger partial charge is 0.426 e. The predicted octanol–water partition coefficient (Wildman–Crippen LogP) is 3.82. The SMILES string of the molecule is Cc1ccc(OC(=O)C2CCC(C(=O)Oc3ccc(COCCO)cc3)CC2)cc1. The van der Waals surface area contributed by atoms with Crippen molar-refractivity contribution in [1.29, 1.82) is 0 Å². The van der Waals surface area contributed by atoms with Gasteiger partial charge in [-0.1, -0.05) is 29.8 Å². The molecule has 2 aromatic carbocycles. The number of carbonyl (C=O) groups is 2. The Hall–Kier alpha value is -2.70. The Morgan fingerprint density at radius 2 is 1.30 bits per heavy atom. The third kappa shape index (κ3) is 6.40. The summed E-state index contributed by atoms with van der Waals surface area (Å²) >= 11 is 0. The van der Waals surface area contributed by atoms with Crippen molar-refractivity contribution >= 4 is 11.9 Å². The zero-order valence-electron chi connectivity index (χ0n) is 17.2. The Bertz CT molecular complexity index is 820. The lowest BCUT2D eigenvalue weighted by molar-refractivity contribution is -0.145. The van der Waals surface area contributed by atoms with E-state index in [1.165, 1.54) is 0 Å². The first-order valence-corrected chi connectivity index (χ1v) is 10.3. The highest BCUT2D eigenvalue weighted by molar-refractivity contribution is 5.77. The normalized spacial score (nSPS) is 18.6. The lowest BCUT2D eigenvalue weighted by Gasteiger charge is -2.25. The summed E-state index contributed by atoms with van der Waals surface area (Å²) in [5, 5.41) is 8.73. The van der Waals surface area contributed by atoms with Gasteiger partial charge in [-0.15, -0.1) is 0 Å². The molecule has 1 aliphatic rings. The van der Waals surface area contributed by atoms with Crippen molar-refractivity contribution in [3.63, 3.8) is 0 Å². The third-order valence-electron chi connectivity index (χ3n) is 5.28. The molecule has 0 atom stereocenters. The van der Waals surface area contributed by atoms with Crippen LogP contribution in [0.2, 0.25) is 0 Å². The molecule has 0 bridgehead atoms. The Morgan fingerprint density at radius 1 is 0.833 bits per heavy atom. The van der Waals surface area contributed by atoms with Crippen LogP contribution < -0.4 is 9.47 Å². The number of rotatable bonds is 8. The van der Waals surface area contributed by atoms with Gasteiger partial charge in [-0.2, -0.15) is 0 Å². The fourth-order valence-electron chi connectivity index (χ4n) is 3.48. The minimum Gasteiger partial charge on any atom is -0.426 e. The highest BCUT2D eigenvalue weighted by atomic mass is 16.5. The van der Waals surface area contributed by atoms with Gasteiger partial charge in [0.1, 0.15) is 11.5 Å². The summed E-state index contributed by atoms with van der Waals surface area (Å²) in [6.45, 7) is 2.66. The quantitative estimate of drug-likeness (QED) is 0.403. The number of benzene rings is 2. The van der Waals surface area contributed by atoms with Crippen LogP contribution in [0, 0.1) is 18.8 Å². The topological polar surface area (TPSA) is 82.1 Å². The van der Waals surface area contributed by atoms with E-state index in [9.17, 15) is 9.59 Å². The maximum absolute atomic E-state index is 12.5. The van der Waals surface area contributed by atoms with Gasteiger partial charge in [0.2, 0.25) is 0 Å². The second kappa shape index (κ2) is 10.9. The molecule has 1 aliphatic carbocycles. The summed E-state index contributed by atoms with van der Waals surface area (Å²) in [4.78, 5) is 24.9. The van der Waals surface area contributed by atoms with Crippen molar-refractivity contribution < 1.29 is 28.9 Å². The van der Waals surface area contributed by atoms with E-state index in [-0.39, 0.29) is 37.0 Å². The number of hydrogen-bond donors (Lipinski definition) is 1. The minimum absolute atomic E-state index is 0.0123. The summed E-state index contributed by atoms with van der Waals surface area (Å²) in [5.74, 6) is 0.160. The molecule has 1 fully saturated rings. The standard InChI is InChI=1S/C24H28O6/c1-17-2-10-21(11-3-17)29-23(26)19-6-8-20(9-7-19)24(27)30-22-12-4-18(5-13-22)16-28-15-14-25/h2-5,10-13,19-20,25H,6-9,14-16H2,1H3. The van der Waals surface area contributed by atoms with Crippen LogP contribution in [0.15, 0.2) is 48.5 Å². The van der Waals surface area contributed by atoms with Gasteiger partial charge in [0, 0.05) is 0 Å². The average Bonchev–Trinajstić information content (AvgIpc) is 2.77. The molecule has 0 saturated heterocycles. The first-order chi connectivity index (χ1) is 14.5. The monoisotopic (exact) mass is 412 g/mol. The van der Waals surface area contributed by atoms with Gasteiger partial charge < -0.3 is 19.3 Å². The molecule has 3 rings (SSSR count). The zero-order chi connectivity index (χ0) is 21.3. The molecule has 160 valence electrons. The smallest absolute Gasteiger partial charge is 0.314 e. The fraction of sp³-hybridized carbons (Fsp3) is 0.417. The number of hydrogen-bond acceptors (Lipinski definition) is 6. The molecular formula is C24H28O6. The molecule has 6 heteroatoms. The molecule has 30 heavy (non-hydrogen) atoms. The van der Waals surface area contributed by atoms with Crippen molar-refractivity contribution in [2.45, 2.75) is 39.2 Å². The number of aryl methyl sites for hydroxylation is 1. The summed E-state index contributed by atoms with van der Waals surface area (Å²) in [7, 11) is 0. The van der Waals surface area contributed by atoms with Crippen molar-refractivity contribution in [2.75, 3.05) is 13.2 Å². The van der Waals surface area contributed by atoms with Crippen LogP contribution >= 0.6 is 0 Å².